The molecule has 4 heteroatoms. The van der Waals surface area contributed by atoms with Gasteiger partial charge >= 0.3 is 0 Å². The minimum Gasteiger partial charge on any atom is -0.327 e. The average Bonchev–Trinajstić information content (AvgIpc) is 2.36. The number of hydrogen-bond acceptors (Lipinski definition) is 2. The average molecular weight is 315 g/mol. The lowest BCUT2D eigenvalue weighted by Crippen LogP contribution is -2.46. The fourth-order valence-electron chi connectivity index (χ4n) is 2.61. The molecule has 0 amide bonds. The molecule has 2 atom stereocenters. The Morgan fingerprint density at radius 2 is 2.28 bits per heavy atom. The van der Waals surface area contributed by atoms with Crippen LogP contribution >= 0.6 is 15.9 Å². The molecule has 0 aromatic heterocycles. The summed E-state index contributed by atoms with van der Waals surface area (Å²) in [6.07, 6.45) is 2.10. The van der Waals surface area contributed by atoms with Crippen LogP contribution in [0, 0.1) is 11.7 Å². The van der Waals surface area contributed by atoms with Gasteiger partial charge < -0.3 is 5.73 Å². The van der Waals surface area contributed by atoms with Crippen LogP contribution in [0.1, 0.15) is 25.3 Å². The summed E-state index contributed by atoms with van der Waals surface area (Å²) in [5.41, 5.74) is 6.85. The van der Waals surface area contributed by atoms with Gasteiger partial charge in [0, 0.05) is 29.2 Å². The molecule has 1 aliphatic heterocycles. The number of rotatable bonds is 3. The van der Waals surface area contributed by atoms with Gasteiger partial charge in [-0.1, -0.05) is 29.3 Å². The standard InChI is InChI=1S/C14H20BrFN2/c1-2-10-8-18(6-5-14(10)17)9-11-7-12(15)3-4-13(11)16/h3-4,7,10,14H,2,5-6,8-9,17H2,1H3. The third-order valence-electron chi connectivity index (χ3n) is 3.80. The molecule has 2 rings (SSSR count). The van der Waals surface area contributed by atoms with Crippen molar-refractivity contribution in [2.24, 2.45) is 11.7 Å². The van der Waals surface area contributed by atoms with E-state index in [1.807, 2.05) is 6.07 Å². The SMILES string of the molecule is CCC1CN(Cc2cc(Br)ccc2F)CCC1N. The maximum Gasteiger partial charge on any atom is 0.127 e. The van der Waals surface area contributed by atoms with Crippen molar-refractivity contribution in [1.82, 2.24) is 4.90 Å². The molecular formula is C14H20BrFN2. The van der Waals surface area contributed by atoms with E-state index in [-0.39, 0.29) is 5.82 Å². The van der Waals surface area contributed by atoms with Gasteiger partial charge in [0.05, 0.1) is 0 Å². The number of nitrogens with zero attached hydrogens (tertiary/aromatic N) is 1. The van der Waals surface area contributed by atoms with Crippen LogP contribution in [-0.4, -0.2) is 24.0 Å². The molecule has 2 nitrogen and oxygen atoms in total. The number of benzene rings is 1. The van der Waals surface area contributed by atoms with Crippen molar-refractivity contribution in [3.05, 3.63) is 34.1 Å². The summed E-state index contributed by atoms with van der Waals surface area (Å²) in [6.45, 7) is 4.79. The first-order chi connectivity index (χ1) is 8.60. The number of likely N-dealkylation sites (tertiary alicyclic amines) is 1. The fourth-order valence-corrected chi connectivity index (χ4v) is 3.02. The molecule has 0 bridgehead atoms. The van der Waals surface area contributed by atoms with Crippen molar-refractivity contribution in [2.75, 3.05) is 13.1 Å². The van der Waals surface area contributed by atoms with Crippen LogP contribution in [0.25, 0.3) is 0 Å². The van der Waals surface area contributed by atoms with E-state index in [1.54, 1.807) is 6.07 Å². The van der Waals surface area contributed by atoms with Crippen LogP contribution in [-0.2, 0) is 6.54 Å². The molecular weight excluding hydrogens is 295 g/mol. The number of nitrogens with two attached hydrogens (primary N) is 1. The Morgan fingerprint density at radius 3 is 3.00 bits per heavy atom. The van der Waals surface area contributed by atoms with Crippen LogP contribution in [0.15, 0.2) is 22.7 Å². The first kappa shape index (κ1) is 14.0. The highest BCUT2D eigenvalue weighted by Gasteiger charge is 2.25. The van der Waals surface area contributed by atoms with Gasteiger partial charge in [-0.25, -0.2) is 4.39 Å². The summed E-state index contributed by atoms with van der Waals surface area (Å²) in [5.74, 6) is 0.412. The Bertz CT molecular complexity index is 411. The van der Waals surface area contributed by atoms with E-state index in [4.69, 9.17) is 5.73 Å². The molecule has 1 aromatic carbocycles. The second kappa shape index (κ2) is 6.13. The van der Waals surface area contributed by atoms with Gasteiger partial charge in [-0.2, -0.15) is 0 Å². The van der Waals surface area contributed by atoms with Crippen LogP contribution in [0.5, 0.6) is 0 Å². The minimum absolute atomic E-state index is 0.124. The number of halogens is 2. The Labute approximate surface area is 116 Å². The van der Waals surface area contributed by atoms with Crippen molar-refractivity contribution in [1.29, 1.82) is 0 Å². The zero-order chi connectivity index (χ0) is 13.1. The molecule has 2 N–H and O–H groups in total. The van der Waals surface area contributed by atoms with Crippen molar-refractivity contribution < 1.29 is 4.39 Å². The highest BCUT2D eigenvalue weighted by Crippen LogP contribution is 2.22. The van der Waals surface area contributed by atoms with Crippen LogP contribution < -0.4 is 5.73 Å². The maximum atomic E-state index is 13.7. The van der Waals surface area contributed by atoms with E-state index in [0.717, 1.165) is 36.0 Å². The summed E-state index contributed by atoms with van der Waals surface area (Å²) in [6, 6.07) is 5.43. The first-order valence-electron chi connectivity index (χ1n) is 6.52. The zero-order valence-corrected chi connectivity index (χ0v) is 12.3. The molecule has 0 saturated carbocycles. The van der Waals surface area contributed by atoms with Crippen molar-refractivity contribution >= 4 is 15.9 Å². The second-order valence-electron chi connectivity index (χ2n) is 5.09. The predicted octanol–water partition coefficient (Wildman–Crippen LogP) is 3.15. The second-order valence-corrected chi connectivity index (χ2v) is 6.01. The summed E-state index contributed by atoms with van der Waals surface area (Å²) in [4.78, 5) is 2.31. The Balaban J connectivity index is 2.03. The molecule has 100 valence electrons. The van der Waals surface area contributed by atoms with Crippen molar-refractivity contribution in [3.63, 3.8) is 0 Å². The van der Waals surface area contributed by atoms with Crippen LogP contribution in [0.3, 0.4) is 0 Å². The molecule has 1 aromatic rings. The highest BCUT2D eigenvalue weighted by atomic mass is 79.9. The van der Waals surface area contributed by atoms with Gasteiger partial charge in [0.1, 0.15) is 5.82 Å². The number of piperidine rings is 1. The third kappa shape index (κ3) is 3.31. The highest BCUT2D eigenvalue weighted by molar-refractivity contribution is 9.10. The molecule has 1 aliphatic rings. The summed E-state index contributed by atoms with van der Waals surface area (Å²) in [7, 11) is 0. The van der Waals surface area contributed by atoms with Crippen molar-refractivity contribution in [3.8, 4) is 0 Å². The Hall–Kier alpha value is -0.450. The van der Waals surface area contributed by atoms with Crippen LogP contribution in [0.2, 0.25) is 0 Å². The lowest BCUT2D eigenvalue weighted by atomic mass is 9.90. The number of hydrogen-bond donors (Lipinski definition) is 1. The largest absolute Gasteiger partial charge is 0.327 e. The van der Waals surface area contributed by atoms with Crippen molar-refractivity contribution in [2.45, 2.75) is 32.4 Å². The molecule has 0 spiro atoms. The molecule has 0 aliphatic carbocycles. The molecule has 1 fully saturated rings. The zero-order valence-electron chi connectivity index (χ0n) is 10.7. The quantitative estimate of drug-likeness (QED) is 0.928. The third-order valence-corrected chi connectivity index (χ3v) is 4.30. The van der Waals surface area contributed by atoms with E-state index in [0.29, 0.717) is 18.5 Å². The normalized spacial score (nSPS) is 25.3. The minimum atomic E-state index is -0.124. The Morgan fingerprint density at radius 1 is 1.50 bits per heavy atom. The molecule has 0 radical (unpaired) electrons. The Kier molecular flexibility index (Phi) is 4.76. The fraction of sp³-hybridized carbons (Fsp3) is 0.571. The predicted molar refractivity (Wildman–Crippen MR) is 75.8 cm³/mol. The topological polar surface area (TPSA) is 29.3 Å². The molecule has 18 heavy (non-hydrogen) atoms. The maximum absolute atomic E-state index is 13.7. The van der Waals surface area contributed by atoms with E-state index in [9.17, 15) is 4.39 Å². The van der Waals surface area contributed by atoms with Gasteiger partial charge in [-0.3, -0.25) is 4.90 Å². The van der Waals surface area contributed by atoms with E-state index >= 15 is 0 Å². The lowest BCUT2D eigenvalue weighted by Gasteiger charge is -2.36. The molecule has 2 unspecified atom stereocenters. The summed E-state index contributed by atoms with van der Waals surface area (Å²) >= 11 is 3.39. The molecule has 1 saturated heterocycles. The molecule has 1 heterocycles. The first-order valence-corrected chi connectivity index (χ1v) is 7.31. The van der Waals surface area contributed by atoms with Crippen LogP contribution in [0.4, 0.5) is 4.39 Å². The van der Waals surface area contributed by atoms with Gasteiger partial charge in [-0.05, 0) is 37.1 Å². The van der Waals surface area contributed by atoms with E-state index < -0.39 is 0 Å². The van der Waals surface area contributed by atoms with Gasteiger partial charge in [-0.15, -0.1) is 0 Å². The van der Waals surface area contributed by atoms with Gasteiger partial charge in [0.2, 0.25) is 0 Å². The van der Waals surface area contributed by atoms with E-state index in [1.165, 1.54) is 6.07 Å². The van der Waals surface area contributed by atoms with Gasteiger partial charge in [0.15, 0.2) is 0 Å². The summed E-state index contributed by atoms with van der Waals surface area (Å²) in [5, 5.41) is 0. The van der Waals surface area contributed by atoms with Gasteiger partial charge in [0.25, 0.3) is 0 Å². The smallest absolute Gasteiger partial charge is 0.127 e. The lowest BCUT2D eigenvalue weighted by molar-refractivity contribution is 0.144. The van der Waals surface area contributed by atoms with E-state index in [2.05, 4.69) is 27.8 Å². The summed E-state index contributed by atoms with van der Waals surface area (Å²) < 4.78 is 14.6. The monoisotopic (exact) mass is 314 g/mol.